The molecule has 2 nitrogen and oxygen atoms in total. The summed E-state index contributed by atoms with van der Waals surface area (Å²) in [7, 11) is 0. The molecule has 0 atom stereocenters. The van der Waals surface area contributed by atoms with Gasteiger partial charge >= 0.3 is 5.97 Å². The first-order valence-electron chi connectivity index (χ1n) is 3.29. The van der Waals surface area contributed by atoms with Crippen molar-refractivity contribution >= 4 is 5.97 Å². The molecule has 54 valence electrons. The predicted octanol–water partition coefficient (Wildman–Crippen LogP) is 1.64. The van der Waals surface area contributed by atoms with Gasteiger partial charge in [0.05, 0.1) is 11.8 Å². The van der Waals surface area contributed by atoms with Crippen LogP contribution in [0.2, 0.25) is 0 Å². The van der Waals surface area contributed by atoms with Gasteiger partial charge in [0, 0.05) is 0 Å². The van der Waals surface area contributed by atoms with Crippen LogP contribution in [0.1, 0.15) is 13.8 Å². The highest BCUT2D eigenvalue weighted by Gasteiger charge is 2.12. The molecule has 1 aliphatic rings. The fourth-order valence-electron chi connectivity index (χ4n) is 0.788. The van der Waals surface area contributed by atoms with E-state index in [1.807, 2.05) is 19.9 Å². The SMILES string of the molecule is CC(C)/C=C1\C=COC1=O. The number of allylic oxidation sites excluding steroid dienone is 1. The van der Waals surface area contributed by atoms with E-state index in [1.54, 1.807) is 6.08 Å². The van der Waals surface area contributed by atoms with Crippen LogP contribution in [0.15, 0.2) is 24.0 Å². The summed E-state index contributed by atoms with van der Waals surface area (Å²) in [6.45, 7) is 4.04. The van der Waals surface area contributed by atoms with Crippen LogP contribution >= 0.6 is 0 Å². The zero-order valence-electron chi connectivity index (χ0n) is 6.13. The first-order chi connectivity index (χ1) is 4.70. The van der Waals surface area contributed by atoms with E-state index in [-0.39, 0.29) is 5.97 Å². The Morgan fingerprint density at radius 1 is 1.60 bits per heavy atom. The van der Waals surface area contributed by atoms with Crippen LogP contribution in [0.4, 0.5) is 0 Å². The number of hydrogen-bond donors (Lipinski definition) is 0. The standard InChI is InChI=1S/C8H10O2/c1-6(2)5-7-3-4-10-8(7)9/h3-6H,1-2H3/b7-5+. The molecule has 0 fully saturated rings. The summed E-state index contributed by atoms with van der Waals surface area (Å²) in [4.78, 5) is 10.8. The van der Waals surface area contributed by atoms with Crippen LogP contribution < -0.4 is 0 Å². The Kier molecular flexibility index (Phi) is 1.90. The lowest BCUT2D eigenvalue weighted by Gasteiger charge is -1.94. The number of hydrogen-bond acceptors (Lipinski definition) is 2. The molecule has 0 saturated heterocycles. The quantitative estimate of drug-likeness (QED) is 0.406. The van der Waals surface area contributed by atoms with Crippen LogP contribution in [0.3, 0.4) is 0 Å². The highest BCUT2D eigenvalue weighted by molar-refractivity contribution is 5.94. The third-order valence-electron chi connectivity index (χ3n) is 1.17. The molecule has 0 aromatic carbocycles. The van der Waals surface area contributed by atoms with Crippen molar-refractivity contribution < 1.29 is 9.53 Å². The highest BCUT2D eigenvalue weighted by Crippen LogP contribution is 2.11. The minimum absolute atomic E-state index is 0.242. The second-order valence-electron chi connectivity index (χ2n) is 2.57. The summed E-state index contributed by atoms with van der Waals surface area (Å²) in [5.41, 5.74) is 0.662. The molecule has 2 heteroatoms. The fourth-order valence-corrected chi connectivity index (χ4v) is 0.788. The molecule has 0 N–H and O–H groups in total. The van der Waals surface area contributed by atoms with E-state index >= 15 is 0 Å². The average molecular weight is 138 g/mol. The third kappa shape index (κ3) is 1.47. The zero-order valence-corrected chi connectivity index (χ0v) is 6.13. The molecule has 10 heavy (non-hydrogen) atoms. The number of esters is 1. The molecule has 1 aliphatic heterocycles. The molecule has 0 aromatic rings. The van der Waals surface area contributed by atoms with Crippen molar-refractivity contribution in [3.63, 3.8) is 0 Å². The Bertz CT molecular complexity index is 199. The third-order valence-corrected chi connectivity index (χ3v) is 1.17. The molecule has 0 bridgehead atoms. The summed E-state index contributed by atoms with van der Waals surface area (Å²) in [6.07, 6.45) is 4.98. The molecule has 1 heterocycles. The van der Waals surface area contributed by atoms with Gasteiger partial charge < -0.3 is 4.74 Å². The van der Waals surface area contributed by atoms with Crippen molar-refractivity contribution in [3.8, 4) is 0 Å². The summed E-state index contributed by atoms with van der Waals surface area (Å²) >= 11 is 0. The molecular weight excluding hydrogens is 128 g/mol. The lowest BCUT2D eigenvalue weighted by atomic mass is 10.1. The van der Waals surface area contributed by atoms with Gasteiger partial charge in [0.2, 0.25) is 0 Å². The van der Waals surface area contributed by atoms with Gasteiger partial charge in [-0.1, -0.05) is 19.9 Å². The molecule has 0 unspecified atom stereocenters. The van der Waals surface area contributed by atoms with Crippen molar-refractivity contribution in [2.75, 3.05) is 0 Å². The lowest BCUT2D eigenvalue weighted by molar-refractivity contribution is -0.132. The highest BCUT2D eigenvalue weighted by atomic mass is 16.5. The van der Waals surface area contributed by atoms with Gasteiger partial charge in [-0.2, -0.15) is 0 Å². The Morgan fingerprint density at radius 2 is 2.30 bits per heavy atom. The zero-order chi connectivity index (χ0) is 7.56. The maximum Gasteiger partial charge on any atom is 0.342 e. The number of carbonyl (C=O) groups excluding carboxylic acids is 1. The van der Waals surface area contributed by atoms with E-state index in [0.29, 0.717) is 11.5 Å². The fraction of sp³-hybridized carbons (Fsp3) is 0.375. The number of cyclic esters (lactones) is 1. The van der Waals surface area contributed by atoms with Crippen LogP contribution in [-0.4, -0.2) is 5.97 Å². The van der Waals surface area contributed by atoms with Crippen molar-refractivity contribution in [2.24, 2.45) is 5.92 Å². The Labute approximate surface area is 60.2 Å². The van der Waals surface area contributed by atoms with Gasteiger partial charge in [-0.25, -0.2) is 4.79 Å². The predicted molar refractivity (Wildman–Crippen MR) is 38.2 cm³/mol. The van der Waals surface area contributed by atoms with Gasteiger partial charge in [0.25, 0.3) is 0 Å². The molecule has 0 saturated carbocycles. The molecule has 0 spiro atoms. The second kappa shape index (κ2) is 2.69. The topological polar surface area (TPSA) is 26.3 Å². The van der Waals surface area contributed by atoms with Crippen molar-refractivity contribution in [2.45, 2.75) is 13.8 Å². The first kappa shape index (κ1) is 7.06. The van der Waals surface area contributed by atoms with Crippen molar-refractivity contribution in [1.82, 2.24) is 0 Å². The Morgan fingerprint density at radius 3 is 2.70 bits per heavy atom. The summed E-state index contributed by atoms with van der Waals surface area (Å²) in [6, 6.07) is 0. The van der Waals surface area contributed by atoms with Gasteiger partial charge in [-0.15, -0.1) is 0 Å². The minimum Gasteiger partial charge on any atom is -0.431 e. The minimum atomic E-state index is -0.242. The Balaban J connectivity index is 2.72. The smallest absolute Gasteiger partial charge is 0.342 e. The summed E-state index contributed by atoms with van der Waals surface area (Å²) in [5.74, 6) is 0.152. The first-order valence-corrected chi connectivity index (χ1v) is 3.29. The molecular formula is C8H10O2. The normalized spacial score (nSPS) is 20.7. The summed E-state index contributed by atoms with van der Waals surface area (Å²) in [5, 5.41) is 0. The van der Waals surface area contributed by atoms with Crippen molar-refractivity contribution in [1.29, 1.82) is 0 Å². The number of carbonyl (C=O) groups is 1. The lowest BCUT2D eigenvalue weighted by Crippen LogP contribution is -1.96. The van der Waals surface area contributed by atoms with Gasteiger partial charge in [0.1, 0.15) is 0 Å². The molecule has 0 aromatic heterocycles. The van der Waals surface area contributed by atoms with Gasteiger partial charge in [0.15, 0.2) is 0 Å². The van der Waals surface area contributed by atoms with Crippen molar-refractivity contribution in [3.05, 3.63) is 24.0 Å². The monoisotopic (exact) mass is 138 g/mol. The van der Waals surface area contributed by atoms with E-state index < -0.39 is 0 Å². The van der Waals surface area contributed by atoms with Crippen LogP contribution in [0.25, 0.3) is 0 Å². The molecule has 0 amide bonds. The number of ether oxygens (including phenoxy) is 1. The van der Waals surface area contributed by atoms with E-state index in [0.717, 1.165) is 0 Å². The van der Waals surface area contributed by atoms with Crippen LogP contribution in [0.5, 0.6) is 0 Å². The van der Waals surface area contributed by atoms with Crippen LogP contribution in [0, 0.1) is 5.92 Å². The Hall–Kier alpha value is -1.05. The molecule has 0 radical (unpaired) electrons. The van der Waals surface area contributed by atoms with E-state index in [9.17, 15) is 4.79 Å². The maximum absolute atomic E-state index is 10.8. The van der Waals surface area contributed by atoms with Gasteiger partial charge in [-0.05, 0) is 12.0 Å². The average Bonchev–Trinajstić information content (AvgIpc) is 2.15. The largest absolute Gasteiger partial charge is 0.431 e. The summed E-state index contributed by atoms with van der Waals surface area (Å²) < 4.78 is 4.58. The van der Waals surface area contributed by atoms with Crippen LogP contribution in [-0.2, 0) is 9.53 Å². The maximum atomic E-state index is 10.8. The van der Waals surface area contributed by atoms with E-state index in [1.165, 1.54) is 6.26 Å². The van der Waals surface area contributed by atoms with E-state index in [4.69, 9.17) is 0 Å². The molecule has 0 aliphatic carbocycles. The number of rotatable bonds is 1. The molecule has 1 rings (SSSR count). The van der Waals surface area contributed by atoms with E-state index in [2.05, 4.69) is 4.74 Å². The van der Waals surface area contributed by atoms with Gasteiger partial charge in [-0.3, -0.25) is 0 Å². The second-order valence-corrected chi connectivity index (χ2v) is 2.57.